The molecule has 4 rings (SSSR count). The van der Waals surface area contributed by atoms with E-state index in [0.717, 1.165) is 52.5 Å². The Morgan fingerprint density at radius 3 is 2.83 bits per heavy atom. The number of nitrogens with zero attached hydrogens (tertiary/aromatic N) is 2. The van der Waals surface area contributed by atoms with Crippen molar-refractivity contribution >= 4 is 33.3 Å². The first kappa shape index (κ1) is 20.5. The number of thiophene rings is 1. The summed E-state index contributed by atoms with van der Waals surface area (Å²) in [6, 6.07) is 7.74. The second-order valence-electron chi connectivity index (χ2n) is 7.51. The fraction of sp³-hybridized carbons (Fsp3) is 0.478. The molecule has 6 heteroatoms. The molecule has 1 aliphatic rings. The molecule has 3 aromatic rings. The fourth-order valence-electron chi connectivity index (χ4n) is 4.02. The van der Waals surface area contributed by atoms with Gasteiger partial charge >= 0.3 is 0 Å². The van der Waals surface area contributed by atoms with Crippen molar-refractivity contribution in [2.45, 2.75) is 63.4 Å². The number of hydrogen-bond donors (Lipinski definition) is 0. The zero-order valence-corrected chi connectivity index (χ0v) is 18.8. The molecule has 0 radical (unpaired) electrons. The molecule has 0 fully saturated rings. The maximum atomic E-state index is 13.7. The summed E-state index contributed by atoms with van der Waals surface area (Å²) in [7, 11) is 1.65. The number of benzene rings is 1. The van der Waals surface area contributed by atoms with Gasteiger partial charge in [0.1, 0.15) is 10.6 Å². The van der Waals surface area contributed by atoms with Crippen LogP contribution in [0, 0.1) is 0 Å². The summed E-state index contributed by atoms with van der Waals surface area (Å²) >= 11 is 3.40. The average molecular weight is 429 g/mol. The Hall–Kier alpha value is -1.79. The first-order valence-electron chi connectivity index (χ1n) is 10.6. The number of ether oxygens (including phenoxy) is 1. The lowest BCUT2D eigenvalue weighted by molar-refractivity contribution is 0.411. The van der Waals surface area contributed by atoms with Crippen LogP contribution in [0.4, 0.5) is 0 Å². The summed E-state index contributed by atoms with van der Waals surface area (Å²) in [5.74, 6) is 1.68. The van der Waals surface area contributed by atoms with E-state index in [2.05, 4.69) is 6.92 Å². The highest BCUT2D eigenvalue weighted by molar-refractivity contribution is 7.99. The Morgan fingerprint density at radius 2 is 2.00 bits per heavy atom. The summed E-state index contributed by atoms with van der Waals surface area (Å²) in [5.41, 5.74) is 2.05. The van der Waals surface area contributed by atoms with Crippen molar-refractivity contribution in [3.8, 4) is 11.4 Å². The molecule has 0 unspecified atom stereocenters. The van der Waals surface area contributed by atoms with Crippen LogP contribution in [0.3, 0.4) is 0 Å². The van der Waals surface area contributed by atoms with E-state index in [9.17, 15) is 4.79 Å². The summed E-state index contributed by atoms with van der Waals surface area (Å²) in [6.07, 6.45) is 9.40. The monoisotopic (exact) mass is 428 g/mol. The van der Waals surface area contributed by atoms with Crippen molar-refractivity contribution in [1.82, 2.24) is 9.55 Å². The first-order valence-corrected chi connectivity index (χ1v) is 12.4. The third kappa shape index (κ3) is 4.10. The van der Waals surface area contributed by atoms with E-state index >= 15 is 0 Å². The number of rotatable bonds is 9. The van der Waals surface area contributed by atoms with Crippen LogP contribution in [-0.4, -0.2) is 22.4 Å². The molecular weight excluding hydrogens is 400 g/mol. The van der Waals surface area contributed by atoms with Crippen LogP contribution in [0.1, 0.15) is 55.9 Å². The van der Waals surface area contributed by atoms with Crippen molar-refractivity contribution in [2.75, 3.05) is 12.9 Å². The predicted octanol–water partition coefficient (Wildman–Crippen LogP) is 6.01. The van der Waals surface area contributed by atoms with Gasteiger partial charge in [-0.2, -0.15) is 0 Å². The second-order valence-corrected chi connectivity index (χ2v) is 9.65. The lowest BCUT2D eigenvalue weighted by Crippen LogP contribution is -2.22. The van der Waals surface area contributed by atoms with Gasteiger partial charge in [-0.1, -0.05) is 56.5 Å². The summed E-state index contributed by atoms with van der Waals surface area (Å²) < 4.78 is 7.35. The molecule has 0 aliphatic heterocycles. The van der Waals surface area contributed by atoms with Gasteiger partial charge in [-0.05, 0) is 43.4 Å². The van der Waals surface area contributed by atoms with Gasteiger partial charge in [0.05, 0.1) is 18.2 Å². The maximum absolute atomic E-state index is 13.7. The van der Waals surface area contributed by atoms with Gasteiger partial charge in [-0.25, -0.2) is 4.98 Å². The van der Waals surface area contributed by atoms with Gasteiger partial charge in [0.25, 0.3) is 5.56 Å². The van der Waals surface area contributed by atoms with E-state index in [0.29, 0.717) is 5.75 Å². The zero-order valence-electron chi connectivity index (χ0n) is 17.2. The Kier molecular flexibility index (Phi) is 6.60. The standard InChI is InChI=1S/C23H28N2O2S2/c1-3-4-5-6-9-15-28-23-24-21-20(16-11-10-14-19(16)29-21)22(26)25(23)17-12-7-8-13-18(17)27-2/h7-8,12-13H,3-6,9-11,14-15H2,1-2H3. The van der Waals surface area contributed by atoms with E-state index in [1.807, 2.05) is 24.3 Å². The van der Waals surface area contributed by atoms with E-state index in [1.165, 1.54) is 36.1 Å². The third-order valence-electron chi connectivity index (χ3n) is 5.51. The van der Waals surface area contributed by atoms with Gasteiger partial charge < -0.3 is 4.74 Å². The molecule has 0 bridgehead atoms. The topological polar surface area (TPSA) is 44.1 Å². The average Bonchev–Trinajstić information content (AvgIpc) is 3.31. The lowest BCUT2D eigenvalue weighted by Gasteiger charge is -2.15. The SMILES string of the molecule is CCCCCCCSc1nc2sc3c(c2c(=O)n1-c1ccccc1OC)CCC3. The van der Waals surface area contributed by atoms with Crippen LogP contribution in [0.25, 0.3) is 15.9 Å². The molecule has 0 saturated carbocycles. The molecule has 0 saturated heterocycles. The van der Waals surface area contributed by atoms with Gasteiger partial charge in [-0.3, -0.25) is 9.36 Å². The lowest BCUT2D eigenvalue weighted by atomic mass is 10.2. The van der Waals surface area contributed by atoms with E-state index in [-0.39, 0.29) is 5.56 Å². The Balaban J connectivity index is 1.75. The van der Waals surface area contributed by atoms with Crippen LogP contribution < -0.4 is 10.3 Å². The number of thioether (sulfide) groups is 1. The number of methoxy groups -OCH3 is 1. The van der Waals surface area contributed by atoms with Gasteiger partial charge in [-0.15, -0.1) is 11.3 Å². The normalized spacial score (nSPS) is 13.2. The van der Waals surface area contributed by atoms with Crippen LogP contribution in [-0.2, 0) is 12.8 Å². The number of aromatic nitrogens is 2. The molecule has 0 N–H and O–H groups in total. The molecule has 2 aromatic heterocycles. The van der Waals surface area contributed by atoms with Crippen molar-refractivity contribution in [3.63, 3.8) is 0 Å². The van der Waals surface area contributed by atoms with E-state index in [4.69, 9.17) is 9.72 Å². The van der Waals surface area contributed by atoms with Crippen LogP contribution in [0.5, 0.6) is 5.75 Å². The molecule has 154 valence electrons. The molecule has 0 atom stereocenters. The first-order chi connectivity index (χ1) is 14.2. The predicted molar refractivity (Wildman–Crippen MR) is 123 cm³/mol. The third-order valence-corrected chi connectivity index (χ3v) is 7.72. The van der Waals surface area contributed by atoms with Crippen molar-refractivity contribution < 1.29 is 4.74 Å². The van der Waals surface area contributed by atoms with E-state index in [1.54, 1.807) is 34.8 Å². The van der Waals surface area contributed by atoms with Gasteiger partial charge in [0.2, 0.25) is 0 Å². The van der Waals surface area contributed by atoms with Crippen molar-refractivity contribution in [1.29, 1.82) is 0 Å². The van der Waals surface area contributed by atoms with Crippen molar-refractivity contribution in [3.05, 3.63) is 45.1 Å². The van der Waals surface area contributed by atoms with Crippen molar-refractivity contribution in [2.24, 2.45) is 0 Å². The van der Waals surface area contributed by atoms with Crippen LogP contribution >= 0.6 is 23.1 Å². The van der Waals surface area contributed by atoms with Crippen LogP contribution in [0.15, 0.2) is 34.2 Å². The fourth-order valence-corrected chi connectivity index (χ4v) is 6.32. The molecule has 1 aliphatic carbocycles. The Bertz CT molecular complexity index is 1050. The van der Waals surface area contributed by atoms with E-state index < -0.39 is 0 Å². The Morgan fingerprint density at radius 1 is 1.17 bits per heavy atom. The number of aryl methyl sites for hydroxylation is 2. The molecule has 0 spiro atoms. The quantitative estimate of drug-likeness (QED) is 0.238. The number of para-hydroxylation sites is 2. The summed E-state index contributed by atoms with van der Waals surface area (Å²) in [6.45, 7) is 2.23. The number of fused-ring (bicyclic) bond motifs is 3. The van der Waals surface area contributed by atoms with Gasteiger partial charge in [0, 0.05) is 10.6 Å². The molecule has 29 heavy (non-hydrogen) atoms. The highest BCUT2D eigenvalue weighted by atomic mass is 32.2. The highest BCUT2D eigenvalue weighted by Crippen LogP contribution is 2.37. The molecule has 0 amide bonds. The summed E-state index contributed by atoms with van der Waals surface area (Å²) in [5, 5.41) is 1.60. The minimum Gasteiger partial charge on any atom is -0.495 e. The largest absolute Gasteiger partial charge is 0.495 e. The maximum Gasteiger partial charge on any atom is 0.267 e. The molecule has 4 nitrogen and oxygen atoms in total. The second kappa shape index (κ2) is 9.35. The molecule has 2 heterocycles. The highest BCUT2D eigenvalue weighted by Gasteiger charge is 2.24. The molecule has 1 aromatic carbocycles. The summed E-state index contributed by atoms with van der Waals surface area (Å²) in [4.78, 5) is 20.9. The van der Waals surface area contributed by atoms with Gasteiger partial charge in [0.15, 0.2) is 5.16 Å². The van der Waals surface area contributed by atoms with Crippen LogP contribution in [0.2, 0.25) is 0 Å². The number of unbranched alkanes of at least 4 members (excludes halogenated alkanes) is 4. The smallest absolute Gasteiger partial charge is 0.267 e. The minimum atomic E-state index is 0.0485. The molecular formula is C23H28N2O2S2. The minimum absolute atomic E-state index is 0.0485. The Labute approximate surface area is 180 Å². The number of hydrogen-bond acceptors (Lipinski definition) is 5. The zero-order chi connectivity index (χ0) is 20.2.